The van der Waals surface area contributed by atoms with Gasteiger partial charge in [0.25, 0.3) is 0 Å². The summed E-state index contributed by atoms with van der Waals surface area (Å²) in [5.41, 5.74) is 5.06. The molecule has 3 rings (SSSR count). The van der Waals surface area contributed by atoms with Crippen LogP contribution in [-0.4, -0.2) is 0 Å². The van der Waals surface area contributed by atoms with Gasteiger partial charge in [-0.25, -0.2) is 8.78 Å². The molecule has 0 aromatic heterocycles. The molecule has 0 unspecified atom stereocenters. The Labute approximate surface area is 105 Å². The number of fused-ring (bicyclic) bond motifs is 1. The van der Waals surface area contributed by atoms with Gasteiger partial charge in [-0.15, -0.1) is 0 Å². The van der Waals surface area contributed by atoms with Crippen LogP contribution in [0.4, 0.5) is 8.78 Å². The third-order valence-electron chi connectivity index (χ3n) is 3.23. The van der Waals surface area contributed by atoms with Crippen LogP contribution in [-0.2, 0) is 6.42 Å². The van der Waals surface area contributed by atoms with Gasteiger partial charge in [0.15, 0.2) is 0 Å². The largest absolute Gasteiger partial charge is 0.207 e. The summed E-state index contributed by atoms with van der Waals surface area (Å²) in [6.45, 7) is 2.07. The minimum Gasteiger partial charge on any atom is -0.207 e. The molecule has 0 fully saturated rings. The maximum Gasteiger partial charge on any atom is 0.126 e. The molecule has 0 saturated carbocycles. The van der Waals surface area contributed by atoms with E-state index in [-0.39, 0.29) is 0 Å². The molecule has 0 spiro atoms. The van der Waals surface area contributed by atoms with E-state index in [1.807, 2.05) is 12.1 Å². The summed E-state index contributed by atoms with van der Waals surface area (Å²) >= 11 is 0. The number of halogens is 2. The molecule has 0 atom stereocenters. The normalized spacial score (nSPS) is 13.4. The Balaban J connectivity index is 2.21. The molecule has 0 saturated heterocycles. The Bertz CT molecular complexity index is 634. The lowest BCUT2D eigenvalue weighted by molar-refractivity contribution is 0.584. The zero-order valence-electron chi connectivity index (χ0n) is 10.0. The molecule has 0 nitrogen and oxygen atoms in total. The van der Waals surface area contributed by atoms with E-state index in [2.05, 4.69) is 19.1 Å². The Hall–Kier alpha value is -1.96. The Morgan fingerprint density at radius 2 is 1.72 bits per heavy atom. The molecule has 1 aliphatic carbocycles. The van der Waals surface area contributed by atoms with Gasteiger partial charge in [0.05, 0.1) is 0 Å². The van der Waals surface area contributed by atoms with E-state index in [0.29, 0.717) is 5.56 Å². The number of rotatable bonds is 1. The lowest BCUT2D eigenvalue weighted by Gasteiger charge is -2.08. The third-order valence-corrected chi connectivity index (χ3v) is 3.23. The second-order valence-corrected chi connectivity index (χ2v) is 4.70. The molecule has 0 N–H and O–H groups in total. The monoisotopic (exact) mass is 242 g/mol. The van der Waals surface area contributed by atoms with E-state index < -0.39 is 11.6 Å². The highest BCUT2D eigenvalue weighted by atomic mass is 19.1. The highest BCUT2D eigenvalue weighted by Gasteiger charge is 2.15. The van der Waals surface area contributed by atoms with Crippen LogP contribution in [0, 0.1) is 11.6 Å². The van der Waals surface area contributed by atoms with Gasteiger partial charge in [-0.2, -0.15) is 0 Å². The third kappa shape index (κ3) is 1.84. The fourth-order valence-corrected chi connectivity index (χ4v) is 2.50. The van der Waals surface area contributed by atoms with Crippen LogP contribution >= 0.6 is 0 Å². The van der Waals surface area contributed by atoms with Gasteiger partial charge in [0, 0.05) is 6.07 Å². The van der Waals surface area contributed by atoms with Crippen molar-refractivity contribution in [3.05, 3.63) is 64.7 Å². The summed E-state index contributed by atoms with van der Waals surface area (Å²) < 4.78 is 26.6. The number of hydrogen-bond donors (Lipinski definition) is 0. The molecule has 2 aromatic rings. The van der Waals surface area contributed by atoms with Crippen molar-refractivity contribution >= 4 is 6.08 Å². The molecule has 0 aliphatic heterocycles. The van der Waals surface area contributed by atoms with Gasteiger partial charge in [0.1, 0.15) is 11.6 Å². The van der Waals surface area contributed by atoms with Crippen molar-refractivity contribution in [3.8, 4) is 11.1 Å². The zero-order chi connectivity index (χ0) is 12.7. The summed E-state index contributed by atoms with van der Waals surface area (Å²) in [6.07, 6.45) is 3.01. The second-order valence-electron chi connectivity index (χ2n) is 4.70. The van der Waals surface area contributed by atoms with Gasteiger partial charge in [-0.05, 0) is 47.7 Å². The minimum absolute atomic E-state index is 0.540. The van der Waals surface area contributed by atoms with Crippen LogP contribution in [0.5, 0.6) is 0 Å². The predicted octanol–water partition coefficient (Wildman–Crippen LogP) is 4.59. The van der Waals surface area contributed by atoms with Crippen molar-refractivity contribution in [1.82, 2.24) is 0 Å². The lowest BCUT2D eigenvalue weighted by atomic mass is 9.97. The summed E-state index contributed by atoms with van der Waals surface area (Å²) in [4.78, 5) is 0. The van der Waals surface area contributed by atoms with Gasteiger partial charge >= 0.3 is 0 Å². The summed E-state index contributed by atoms with van der Waals surface area (Å²) in [5, 5.41) is 0. The quantitative estimate of drug-likeness (QED) is 0.686. The van der Waals surface area contributed by atoms with Crippen molar-refractivity contribution in [2.75, 3.05) is 0 Å². The first kappa shape index (κ1) is 11.1. The van der Waals surface area contributed by atoms with Crippen molar-refractivity contribution in [2.24, 2.45) is 0 Å². The van der Waals surface area contributed by atoms with Crippen LogP contribution in [0.3, 0.4) is 0 Å². The fourth-order valence-electron chi connectivity index (χ4n) is 2.50. The Morgan fingerprint density at radius 1 is 1.00 bits per heavy atom. The lowest BCUT2D eigenvalue weighted by Crippen LogP contribution is -1.89. The van der Waals surface area contributed by atoms with E-state index in [0.717, 1.165) is 23.6 Å². The maximum absolute atomic E-state index is 13.3. The van der Waals surface area contributed by atoms with Gasteiger partial charge in [-0.3, -0.25) is 0 Å². The molecular formula is C16H12F2. The Morgan fingerprint density at radius 3 is 2.44 bits per heavy atom. The molecule has 0 bridgehead atoms. The standard InChI is InChI=1S/C16H12F2/c1-10-5-11-3-2-4-15(16(11)6-10)12-7-13(17)9-14(18)8-12/h2-4,6-9H,5H2,1H3. The van der Waals surface area contributed by atoms with Crippen LogP contribution in [0.2, 0.25) is 0 Å². The van der Waals surface area contributed by atoms with E-state index in [9.17, 15) is 8.78 Å². The molecule has 0 amide bonds. The molecule has 1 aliphatic rings. The summed E-state index contributed by atoms with van der Waals surface area (Å²) in [6, 6.07) is 9.54. The minimum atomic E-state index is -0.540. The molecule has 0 heterocycles. The highest BCUT2D eigenvalue weighted by Crippen LogP contribution is 2.34. The molecule has 90 valence electrons. The average Bonchev–Trinajstić information content (AvgIpc) is 2.67. The predicted molar refractivity (Wildman–Crippen MR) is 69.1 cm³/mol. The SMILES string of the molecule is CC1=Cc2c(cccc2-c2cc(F)cc(F)c2)C1. The highest BCUT2D eigenvalue weighted by molar-refractivity contribution is 5.80. The van der Waals surface area contributed by atoms with Crippen molar-refractivity contribution in [2.45, 2.75) is 13.3 Å². The van der Waals surface area contributed by atoms with Crippen molar-refractivity contribution in [1.29, 1.82) is 0 Å². The second kappa shape index (κ2) is 4.05. The average molecular weight is 242 g/mol. The number of hydrogen-bond acceptors (Lipinski definition) is 0. The zero-order valence-corrected chi connectivity index (χ0v) is 10.0. The smallest absolute Gasteiger partial charge is 0.126 e. The van der Waals surface area contributed by atoms with Crippen LogP contribution in [0.15, 0.2) is 42.0 Å². The fraction of sp³-hybridized carbons (Fsp3) is 0.125. The number of benzene rings is 2. The number of allylic oxidation sites excluding steroid dienone is 1. The molecular weight excluding hydrogens is 230 g/mol. The van der Waals surface area contributed by atoms with E-state index in [4.69, 9.17) is 0 Å². The first-order chi connectivity index (χ1) is 8.63. The van der Waals surface area contributed by atoms with Crippen LogP contribution in [0.25, 0.3) is 17.2 Å². The van der Waals surface area contributed by atoms with Crippen molar-refractivity contribution < 1.29 is 8.78 Å². The topological polar surface area (TPSA) is 0 Å². The van der Waals surface area contributed by atoms with E-state index in [1.165, 1.54) is 23.3 Å². The first-order valence-corrected chi connectivity index (χ1v) is 5.89. The molecule has 18 heavy (non-hydrogen) atoms. The molecule has 2 heteroatoms. The van der Waals surface area contributed by atoms with Crippen LogP contribution in [0.1, 0.15) is 18.1 Å². The van der Waals surface area contributed by atoms with Gasteiger partial charge in [-0.1, -0.05) is 29.8 Å². The van der Waals surface area contributed by atoms with Crippen LogP contribution < -0.4 is 0 Å². The first-order valence-electron chi connectivity index (χ1n) is 5.89. The Kier molecular flexibility index (Phi) is 2.51. The molecule has 0 radical (unpaired) electrons. The van der Waals surface area contributed by atoms with Crippen molar-refractivity contribution in [3.63, 3.8) is 0 Å². The van der Waals surface area contributed by atoms with E-state index in [1.54, 1.807) is 0 Å². The molecule has 2 aromatic carbocycles. The maximum atomic E-state index is 13.3. The summed E-state index contributed by atoms with van der Waals surface area (Å²) in [5.74, 6) is -1.08. The van der Waals surface area contributed by atoms with Gasteiger partial charge < -0.3 is 0 Å². The van der Waals surface area contributed by atoms with E-state index >= 15 is 0 Å². The summed E-state index contributed by atoms with van der Waals surface area (Å²) in [7, 11) is 0. The van der Waals surface area contributed by atoms with Gasteiger partial charge in [0.2, 0.25) is 0 Å².